The molecule has 0 saturated heterocycles. The summed E-state index contributed by atoms with van der Waals surface area (Å²) in [6.45, 7) is 1.30. The van der Waals surface area contributed by atoms with Crippen molar-refractivity contribution in [1.82, 2.24) is 15.3 Å². The van der Waals surface area contributed by atoms with Gasteiger partial charge in [0.1, 0.15) is 5.82 Å². The van der Waals surface area contributed by atoms with Crippen LogP contribution >= 0.6 is 11.6 Å². The molecule has 7 heteroatoms. The summed E-state index contributed by atoms with van der Waals surface area (Å²) in [6, 6.07) is 4.46. The lowest BCUT2D eigenvalue weighted by Crippen LogP contribution is -2.16. The number of benzene rings is 1. The van der Waals surface area contributed by atoms with Crippen molar-refractivity contribution in [2.45, 2.75) is 19.4 Å². The maximum absolute atomic E-state index is 10.7. The van der Waals surface area contributed by atoms with Crippen LogP contribution in [0.25, 0.3) is 0 Å². The van der Waals surface area contributed by atoms with Gasteiger partial charge in [0.05, 0.1) is 4.92 Å². The molecule has 1 heterocycles. The summed E-state index contributed by atoms with van der Waals surface area (Å²) in [5.74, 6) is 0.959. The first-order valence-corrected chi connectivity index (χ1v) is 6.66. The zero-order valence-electron chi connectivity index (χ0n) is 10.8. The predicted molar refractivity (Wildman–Crippen MR) is 76.7 cm³/mol. The zero-order valence-corrected chi connectivity index (χ0v) is 11.6. The van der Waals surface area contributed by atoms with Crippen molar-refractivity contribution < 1.29 is 4.92 Å². The van der Waals surface area contributed by atoms with Crippen LogP contribution in [0.15, 0.2) is 30.6 Å². The number of non-ortho nitro benzene ring substituents is 1. The fourth-order valence-corrected chi connectivity index (χ4v) is 2.03. The van der Waals surface area contributed by atoms with E-state index in [4.69, 9.17) is 11.6 Å². The number of rotatable bonds is 7. The van der Waals surface area contributed by atoms with E-state index in [1.165, 1.54) is 12.1 Å². The molecule has 0 bridgehead atoms. The number of nitro benzene ring substituents is 1. The first kappa shape index (κ1) is 14.5. The van der Waals surface area contributed by atoms with E-state index >= 15 is 0 Å². The molecule has 1 aromatic heterocycles. The minimum Gasteiger partial charge on any atom is -0.349 e. The number of aromatic nitrogens is 2. The van der Waals surface area contributed by atoms with Gasteiger partial charge in [-0.1, -0.05) is 11.6 Å². The number of halogens is 1. The summed E-state index contributed by atoms with van der Waals surface area (Å²) >= 11 is 6.02. The monoisotopic (exact) mass is 294 g/mol. The van der Waals surface area contributed by atoms with Crippen molar-refractivity contribution in [2.75, 3.05) is 6.54 Å². The molecule has 2 rings (SSSR count). The van der Waals surface area contributed by atoms with Gasteiger partial charge in [-0.3, -0.25) is 10.1 Å². The molecule has 2 N–H and O–H groups in total. The summed E-state index contributed by atoms with van der Waals surface area (Å²) in [4.78, 5) is 17.5. The average Bonchev–Trinajstić information content (AvgIpc) is 2.93. The molecule has 0 fully saturated rings. The summed E-state index contributed by atoms with van der Waals surface area (Å²) in [5, 5.41) is 14.5. The summed E-state index contributed by atoms with van der Waals surface area (Å²) in [7, 11) is 0. The fourth-order valence-electron chi connectivity index (χ4n) is 1.85. The van der Waals surface area contributed by atoms with Crippen molar-refractivity contribution in [3.8, 4) is 0 Å². The number of aromatic amines is 1. The zero-order chi connectivity index (χ0) is 14.4. The minimum absolute atomic E-state index is 0.0572. The number of hydrogen-bond donors (Lipinski definition) is 2. The van der Waals surface area contributed by atoms with Gasteiger partial charge in [0, 0.05) is 42.5 Å². The Bertz CT molecular complexity index is 572. The molecule has 0 aliphatic carbocycles. The van der Waals surface area contributed by atoms with Crippen molar-refractivity contribution in [3.63, 3.8) is 0 Å². The molecular formula is C13H15ClN4O2. The van der Waals surface area contributed by atoms with Gasteiger partial charge in [-0.15, -0.1) is 0 Å². The van der Waals surface area contributed by atoms with Gasteiger partial charge in [-0.25, -0.2) is 4.98 Å². The van der Waals surface area contributed by atoms with E-state index in [1.54, 1.807) is 18.5 Å². The van der Waals surface area contributed by atoms with Crippen molar-refractivity contribution in [1.29, 1.82) is 0 Å². The SMILES string of the molecule is O=[N+]([O-])c1ccc(Cl)c(CNCCCc2ncc[nH]2)c1. The molecule has 0 aliphatic heterocycles. The third kappa shape index (κ3) is 4.04. The van der Waals surface area contributed by atoms with Gasteiger partial charge in [0.25, 0.3) is 5.69 Å². The van der Waals surface area contributed by atoms with E-state index < -0.39 is 4.92 Å². The highest BCUT2D eigenvalue weighted by Crippen LogP contribution is 2.21. The van der Waals surface area contributed by atoms with Crippen LogP contribution in [0.2, 0.25) is 5.02 Å². The lowest BCUT2D eigenvalue weighted by atomic mass is 10.2. The summed E-state index contributed by atoms with van der Waals surface area (Å²) < 4.78 is 0. The molecule has 6 nitrogen and oxygen atoms in total. The van der Waals surface area contributed by atoms with Crippen LogP contribution in [-0.2, 0) is 13.0 Å². The molecule has 20 heavy (non-hydrogen) atoms. The standard InChI is InChI=1S/C13H15ClN4O2/c14-12-4-3-11(18(19)20)8-10(12)9-15-5-1-2-13-16-6-7-17-13/h3-4,6-8,15H,1-2,5,9H2,(H,16,17). The number of imidazole rings is 1. The first-order valence-electron chi connectivity index (χ1n) is 6.28. The second-order valence-electron chi connectivity index (χ2n) is 4.35. The third-order valence-electron chi connectivity index (χ3n) is 2.88. The van der Waals surface area contributed by atoms with Crippen molar-refractivity contribution >= 4 is 17.3 Å². The number of aryl methyl sites for hydroxylation is 1. The Balaban J connectivity index is 1.78. The van der Waals surface area contributed by atoms with E-state index in [2.05, 4.69) is 15.3 Å². The third-order valence-corrected chi connectivity index (χ3v) is 3.25. The first-order chi connectivity index (χ1) is 9.66. The van der Waals surface area contributed by atoms with E-state index in [0.717, 1.165) is 30.8 Å². The van der Waals surface area contributed by atoms with Gasteiger partial charge in [-0.2, -0.15) is 0 Å². The molecule has 0 atom stereocenters. The quantitative estimate of drug-likeness (QED) is 0.467. The van der Waals surface area contributed by atoms with Crippen LogP contribution in [0, 0.1) is 10.1 Å². The number of nitrogens with zero attached hydrogens (tertiary/aromatic N) is 2. The van der Waals surface area contributed by atoms with Crippen LogP contribution in [0.4, 0.5) is 5.69 Å². The second kappa shape index (κ2) is 7.02. The van der Waals surface area contributed by atoms with E-state index in [9.17, 15) is 10.1 Å². The highest BCUT2D eigenvalue weighted by molar-refractivity contribution is 6.31. The van der Waals surface area contributed by atoms with Crippen molar-refractivity contribution in [2.24, 2.45) is 0 Å². The molecule has 0 aliphatic rings. The Labute approximate surface area is 121 Å². The number of H-pyrrole nitrogens is 1. The molecule has 0 spiro atoms. The van der Waals surface area contributed by atoms with E-state index in [1.807, 2.05) is 0 Å². The van der Waals surface area contributed by atoms with Crippen molar-refractivity contribution in [3.05, 3.63) is 57.1 Å². The Morgan fingerprint density at radius 3 is 3.00 bits per heavy atom. The lowest BCUT2D eigenvalue weighted by Gasteiger charge is -2.06. The topological polar surface area (TPSA) is 83.8 Å². The van der Waals surface area contributed by atoms with Crippen LogP contribution in [0.5, 0.6) is 0 Å². The van der Waals surface area contributed by atoms with Gasteiger partial charge >= 0.3 is 0 Å². The molecule has 0 unspecified atom stereocenters. The van der Waals surface area contributed by atoms with Crippen LogP contribution < -0.4 is 5.32 Å². The molecule has 0 radical (unpaired) electrons. The van der Waals surface area contributed by atoms with E-state index in [0.29, 0.717) is 11.6 Å². The lowest BCUT2D eigenvalue weighted by molar-refractivity contribution is -0.384. The summed E-state index contributed by atoms with van der Waals surface area (Å²) in [6.07, 6.45) is 5.32. The minimum atomic E-state index is -0.420. The average molecular weight is 295 g/mol. The number of hydrogen-bond acceptors (Lipinski definition) is 4. The maximum atomic E-state index is 10.7. The highest BCUT2D eigenvalue weighted by Gasteiger charge is 2.09. The predicted octanol–water partition coefficient (Wildman–Crippen LogP) is 2.69. The number of nitrogens with one attached hydrogen (secondary N) is 2. The molecule has 1 aromatic carbocycles. The number of nitro groups is 1. The normalized spacial score (nSPS) is 10.7. The van der Waals surface area contributed by atoms with E-state index in [-0.39, 0.29) is 5.69 Å². The van der Waals surface area contributed by atoms with Gasteiger partial charge in [0.2, 0.25) is 0 Å². The Morgan fingerprint density at radius 2 is 2.30 bits per heavy atom. The summed E-state index contributed by atoms with van der Waals surface area (Å²) in [5.41, 5.74) is 0.792. The van der Waals surface area contributed by atoms with Gasteiger partial charge in [-0.05, 0) is 24.6 Å². The molecular weight excluding hydrogens is 280 g/mol. The Morgan fingerprint density at radius 1 is 1.45 bits per heavy atom. The Hall–Kier alpha value is -1.92. The highest BCUT2D eigenvalue weighted by atomic mass is 35.5. The molecule has 106 valence electrons. The second-order valence-corrected chi connectivity index (χ2v) is 4.76. The molecule has 0 amide bonds. The smallest absolute Gasteiger partial charge is 0.269 e. The Kier molecular flexibility index (Phi) is 5.09. The van der Waals surface area contributed by atoms with Crippen LogP contribution in [0.3, 0.4) is 0 Å². The molecule has 0 saturated carbocycles. The largest absolute Gasteiger partial charge is 0.349 e. The molecule has 2 aromatic rings. The fraction of sp³-hybridized carbons (Fsp3) is 0.308. The van der Waals surface area contributed by atoms with Crippen LogP contribution in [-0.4, -0.2) is 21.4 Å². The van der Waals surface area contributed by atoms with Gasteiger partial charge in [0.15, 0.2) is 0 Å². The van der Waals surface area contributed by atoms with Crippen LogP contribution in [0.1, 0.15) is 17.8 Å². The van der Waals surface area contributed by atoms with Gasteiger partial charge < -0.3 is 10.3 Å². The maximum Gasteiger partial charge on any atom is 0.269 e.